The lowest BCUT2D eigenvalue weighted by molar-refractivity contribution is -0.121. The lowest BCUT2D eigenvalue weighted by Gasteiger charge is -2.22. The van der Waals surface area contributed by atoms with Crippen LogP contribution in [0, 0.1) is 0 Å². The fourth-order valence-corrected chi connectivity index (χ4v) is 4.29. The summed E-state index contributed by atoms with van der Waals surface area (Å²) in [4.78, 5) is 11.9. The molecule has 25 heavy (non-hydrogen) atoms. The standard InChI is InChI=1S/C18H28N2O4S/c1-24-14-13-19-18(21)12-9-15-7-10-17(11-8-15)25(22,23)20-16-5-3-2-4-6-16/h7-8,10-11,16,20H,2-6,9,12-14H2,1H3,(H,19,21). The fourth-order valence-electron chi connectivity index (χ4n) is 2.98. The van der Waals surface area contributed by atoms with Crippen molar-refractivity contribution in [3.63, 3.8) is 0 Å². The van der Waals surface area contributed by atoms with Crippen LogP contribution >= 0.6 is 0 Å². The van der Waals surface area contributed by atoms with E-state index in [2.05, 4.69) is 10.0 Å². The Morgan fingerprint density at radius 3 is 2.48 bits per heavy atom. The lowest BCUT2D eigenvalue weighted by Crippen LogP contribution is -2.36. The average molecular weight is 368 g/mol. The van der Waals surface area contributed by atoms with Crippen LogP contribution in [0.2, 0.25) is 0 Å². The number of sulfonamides is 1. The van der Waals surface area contributed by atoms with Crippen molar-refractivity contribution in [1.82, 2.24) is 10.0 Å². The first-order chi connectivity index (χ1) is 12.0. The van der Waals surface area contributed by atoms with Crippen LogP contribution in [0.3, 0.4) is 0 Å². The molecule has 1 fully saturated rings. The van der Waals surface area contributed by atoms with Gasteiger partial charge in [-0.25, -0.2) is 13.1 Å². The number of aryl methyl sites for hydroxylation is 1. The predicted molar refractivity (Wildman–Crippen MR) is 96.8 cm³/mol. The zero-order valence-electron chi connectivity index (χ0n) is 14.8. The molecule has 6 nitrogen and oxygen atoms in total. The van der Waals surface area contributed by atoms with Crippen molar-refractivity contribution in [2.24, 2.45) is 0 Å². The van der Waals surface area contributed by atoms with Gasteiger partial charge >= 0.3 is 0 Å². The molecule has 2 N–H and O–H groups in total. The maximum absolute atomic E-state index is 12.4. The Balaban J connectivity index is 1.84. The Bertz CT molecular complexity index is 638. The van der Waals surface area contributed by atoms with Gasteiger partial charge in [0.25, 0.3) is 0 Å². The zero-order valence-corrected chi connectivity index (χ0v) is 15.6. The molecule has 140 valence electrons. The molecule has 0 saturated heterocycles. The maximum Gasteiger partial charge on any atom is 0.240 e. The molecule has 1 aliphatic rings. The van der Waals surface area contributed by atoms with Crippen molar-refractivity contribution in [2.75, 3.05) is 20.3 Å². The van der Waals surface area contributed by atoms with Gasteiger partial charge in [0.15, 0.2) is 0 Å². The van der Waals surface area contributed by atoms with Gasteiger partial charge in [-0.1, -0.05) is 31.4 Å². The van der Waals surface area contributed by atoms with E-state index in [1.54, 1.807) is 31.4 Å². The van der Waals surface area contributed by atoms with Gasteiger partial charge in [0.1, 0.15) is 0 Å². The highest BCUT2D eigenvalue weighted by molar-refractivity contribution is 7.89. The number of nitrogens with one attached hydrogen (secondary N) is 2. The number of carbonyl (C=O) groups excluding carboxylic acids is 1. The van der Waals surface area contributed by atoms with Gasteiger partial charge in [0.05, 0.1) is 11.5 Å². The van der Waals surface area contributed by atoms with Crippen LogP contribution in [0.5, 0.6) is 0 Å². The molecule has 0 heterocycles. The van der Waals surface area contributed by atoms with Crippen molar-refractivity contribution >= 4 is 15.9 Å². The minimum absolute atomic E-state index is 0.0345. The van der Waals surface area contributed by atoms with Gasteiger partial charge in [-0.3, -0.25) is 4.79 Å². The van der Waals surface area contributed by atoms with E-state index in [1.807, 2.05) is 0 Å². The first-order valence-electron chi connectivity index (χ1n) is 8.88. The number of amides is 1. The monoisotopic (exact) mass is 368 g/mol. The Labute approximate surface area is 150 Å². The van der Waals surface area contributed by atoms with E-state index in [0.29, 0.717) is 26.0 Å². The summed E-state index contributed by atoms with van der Waals surface area (Å²) in [6.07, 6.45) is 6.12. The molecule has 0 unspecified atom stereocenters. The predicted octanol–water partition coefficient (Wildman–Crippen LogP) is 1.99. The second-order valence-corrected chi connectivity index (χ2v) is 8.16. The average Bonchev–Trinajstić information content (AvgIpc) is 2.61. The van der Waals surface area contributed by atoms with Gasteiger partial charge in [-0.2, -0.15) is 0 Å². The normalized spacial score (nSPS) is 15.9. The van der Waals surface area contributed by atoms with E-state index >= 15 is 0 Å². The summed E-state index contributed by atoms with van der Waals surface area (Å²) in [7, 11) is -1.88. The molecule has 1 aromatic rings. The van der Waals surface area contributed by atoms with Gasteiger partial charge in [0, 0.05) is 26.1 Å². The van der Waals surface area contributed by atoms with E-state index < -0.39 is 10.0 Å². The van der Waals surface area contributed by atoms with Crippen LogP contribution in [0.4, 0.5) is 0 Å². The highest BCUT2D eigenvalue weighted by Crippen LogP contribution is 2.20. The molecule has 1 saturated carbocycles. The summed E-state index contributed by atoms with van der Waals surface area (Å²) in [6.45, 7) is 0.992. The van der Waals surface area contributed by atoms with E-state index in [0.717, 1.165) is 31.2 Å². The molecule has 0 atom stereocenters. The second-order valence-electron chi connectivity index (χ2n) is 6.44. The minimum Gasteiger partial charge on any atom is -0.383 e. The fraction of sp³-hybridized carbons (Fsp3) is 0.611. The summed E-state index contributed by atoms with van der Waals surface area (Å²) >= 11 is 0. The number of carbonyl (C=O) groups is 1. The van der Waals surface area contributed by atoms with Crippen molar-refractivity contribution < 1.29 is 17.9 Å². The Hall–Kier alpha value is -1.44. The summed E-state index contributed by atoms with van der Waals surface area (Å²) < 4.78 is 32.6. The largest absolute Gasteiger partial charge is 0.383 e. The highest BCUT2D eigenvalue weighted by Gasteiger charge is 2.21. The lowest BCUT2D eigenvalue weighted by atomic mass is 9.96. The number of hydrogen-bond acceptors (Lipinski definition) is 4. The molecule has 1 aromatic carbocycles. The molecule has 0 aliphatic heterocycles. The van der Waals surface area contributed by atoms with Gasteiger partial charge in [-0.15, -0.1) is 0 Å². The van der Waals surface area contributed by atoms with Crippen LogP contribution in [0.1, 0.15) is 44.1 Å². The molecule has 0 radical (unpaired) electrons. The van der Waals surface area contributed by atoms with Crippen molar-refractivity contribution in [2.45, 2.75) is 55.9 Å². The first kappa shape index (κ1) is 19.9. The van der Waals surface area contributed by atoms with Crippen molar-refractivity contribution in [3.05, 3.63) is 29.8 Å². The molecule has 1 aliphatic carbocycles. The minimum atomic E-state index is -3.47. The SMILES string of the molecule is COCCNC(=O)CCc1ccc(S(=O)(=O)NC2CCCCC2)cc1. The Morgan fingerprint density at radius 1 is 1.16 bits per heavy atom. The maximum atomic E-state index is 12.4. The highest BCUT2D eigenvalue weighted by atomic mass is 32.2. The molecule has 0 aromatic heterocycles. The van der Waals surface area contributed by atoms with Crippen LogP contribution in [0.15, 0.2) is 29.2 Å². The third kappa shape index (κ3) is 6.76. The number of ether oxygens (including phenoxy) is 1. The molecular formula is C18H28N2O4S. The summed E-state index contributed by atoms with van der Waals surface area (Å²) in [5.74, 6) is -0.0345. The van der Waals surface area contributed by atoms with E-state index in [4.69, 9.17) is 4.74 Å². The van der Waals surface area contributed by atoms with Gasteiger partial charge in [-0.05, 0) is 37.0 Å². The molecule has 7 heteroatoms. The van der Waals surface area contributed by atoms with Gasteiger partial charge in [0.2, 0.25) is 15.9 Å². The van der Waals surface area contributed by atoms with E-state index in [9.17, 15) is 13.2 Å². The molecule has 1 amide bonds. The molecule has 0 bridgehead atoms. The topological polar surface area (TPSA) is 84.5 Å². The second kappa shape index (κ2) is 9.89. The van der Waals surface area contributed by atoms with Crippen LogP contribution < -0.4 is 10.0 Å². The first-order valence-corrected chi connectivity index (χ1v) is 10.4. The Morgan fingerprint density at radius 2 is 1.84 bits per heavy atom. The zero-order chi connectivity index (χ0) is 18.1. The summed E-state index contributed by atoms with van der Waals surface area (Å²) in [5.41, 5.74) is 0.943. The van der Waals surface area contributed by atoms with Crippen LogP contribution in [0.25, 0.3) is 0 Å². The molecule has 2 rings (SSSR count). The number of hydrogen-bond donors (Lipinski definition) is 2. The number of rotatable bonds is 9. The third-order valence-electron chi connectivity index (χ3n) is 4.43. The van der Waals surface area contributed by atoms with Crippen LogP contribution in [-0.4, -0.2) is 40.6 Å². The van der Waals surface area contributed by atoms with Crippen molar-refractivity contribution in [3.8, 4) is 0 Å². The third-order valence-corrected chi connectivity index (χ3v) is 5.97. The van der Waals surface area contributed by atoms with Crippen molar-refractivity contribution in [1.29, 1.82) is 0 Å². The van der Waals surface area contributed by atoms with E-state index in [-0.39, 0.29) is 16.8 Å². The smallest absolute Gasteiger partial charge is 0.240 e. The summed E-state index contributed by atoms with van der Waals surface area (Å²) in [5, 5.41) is 2.77. The molecular weight excluding hydrogens is 340 g/mol. The number of benzene rings is 1. The number of methoxy groups -OCH3 is 1. The van der Waals surface area contributed by atoms with Gasteiger partial charge < -0.3 is 10.1 Å². The molecule has 0 spiro atoms. The Kier molecular flexibility index (Phi) is 7.87. The van der Waals surface area contributed by atoms with Crippen LogP contribution in [-0.2, 0) is 26.0 Å². The quantitative estimate of drug-likeness (QED) is 0.653. The van der Waals surface area contributed by atoms with E-state index in [1.165, 1.54) is 6.42 Å². The summed E-state index contributed by atoms with van der Waals surface area (Å²) in [6, 6.07) is 6.83.